The van der Waals surface area contributed by atoms with E-state index in [2.05, 4.69) is 10.3 Å². The Morgan fingerprint density at radius 3 is 2.82 bits per heavy atom. The zero-order valence-corrected chi connectivity index (χ0v) is 16.6. The highest BCUT2D eigenvalue weighted by Gasteiger charge is 2.41. The summed E-state index contributed by atoms with van der Waals surface area (Å²) in [6, 6.07) is 4.62. The van der Waals surface area contributed by atoms with Gasteiger partial charge in [-0.2, -0.15) is 5.10 Å². The standard InChI is InChI=1S/C20H21ClFN3O3/c1-11-13(9-23-25(11)12-7-20(2,26)8-12)19-14(10-27-3)18(24-28-19)17-15(21)5-4-6-16(17)22/h4-6,9,12,26H,7-8,10H2,1-3H3. The molecular formula is C20H21ClFN3O3. The molecule has 1 aliphatic carbocycles. The molecule has 8 heteroatoms. The van der Waals surface area contributed by atoms with E-state index >= 15 is 0 Å². The van der Waals surface area contributed by atoms with Crippen LogP contribution < -0.4 is 0 Å². The predicted octanol–water partition coefficient (Wildman–Crippen LogP) is 4.54. The lowest BCUT2D eigenvalue weighted by Crippen LogP contribution is -2.42. The van der Waals surface area contributed by atoms with Crippen molar-refractivity contribution >= 4 is 11.6 Å². The Hall–Kier alpha value is -2.22. The van der Waals surface area contributed by atoms with Crippen molar-refractivity contribution in [1.82, 2.24) is 14.9 Å². The number of rotatable bonds is 5. The van der Waals surface area contributed by atoms with Gasteiger partial charge in [0.2, 0.25) is 0 Å². The first-order valence-corrected chi connectivity index (χ1v) is 9.39. The van der Waals surface area contributed by atoms with Gasteiger partial charge in [-0.15, -0.1) is 0 Å². The van der Waals surface area contributed by atoms with Crippen LogP contribution in [0.4, 0.5) is 4.39 Å². The van der Waals surface area contributed by atoms with E-state index in [1.807, 2.05) is 18.5 Å². The van der Waals surface area contributed by atoms with Crippen LogP contribution in [0.1, 0.15) is 37.1 Å². The lowest BCUT2D eigenvalue weighted by molar-refractivity contribution is -0.0548. The largest absolute Gasteiger partial charge is 0.390 e. The average molecular weight is 406 g/mol. The molecule has 0 unspecified atom stereocenters. The van der Waals surface area contributed by atoms with Crippen LogP contribution >= 0.6 is 11.6 Å². The molecule has 0 bridgehead atoms. The van der Waals surface area contributed by atoms with E-state index in [0.717, 1.165) is 11.3 Å². The Bertz CT molecular complexity index is 1000. The molecule has 1 fully saturated rings. The first-order valence-electron chi connectivity index (χ1n) is 9.01. The quantitative estimate of drug-likeness (QED) is 0.674. The van der Waals surface area contributed by atoms with Crippen LogP contribution in [0.3, 0.4) is 0 Å². The van der Waals surface area contributed by atoms with Crippen molar-refractivity contribution in [2.24, 2.45) is 0 Å². The summed E-state index contributed by atoms with van der Waals surface area (Å²) >= 11 is 6.22. The summed E-state index contributed by atoms with van der Waals surface area (Å²) in [5.74, 6) is -0.000164. The van der Waals surface area contributed by atoms with Gasteiger partial charge < -0.3 is 14.4 Å². The summed E-state index contributed by atoms with van der Waals surface area (Å²) in [5, 5.41) is 18.8. The van der Waals surface area contributed by atoms with Crippen LogP contribution in [-0.4, -0.2) is 32.8 Å². The number of hydrogen-bond donors (Lipinski definition) is 1. The molecule has 0 aliphatic heterocycles. The van der Waals surface area contributed by atoms with Crippen molar-refractivity contribution in [3.63, 3.8) is 0 Å². The topological polar surface area (TPSA) is 73.3 Å². The summed E-state index contributed by atoms with van der Waals surface area (Å²) in [7, 11) is 1.55. The van der Waals surface area contributed by atoms with Gasteiger partial charge in [-0.3, -0.25) is 4.68 Å². The highest BCUT2D eigenvalue weighted by molar-refractivity contribution is 6.33. The van der Waals surface area contributed by atoms with Gasteiger partial charge in [0.1, 0.15) is 11.5 Å². The molecule has 3 aromatic rings. The van der Waals surface area contributed by atoms with Crippen molar-refractivity contribution in [1.29, 1.82) is 0 Å². The predicted molar refractivity (Wildman–Crippen MR) is 102 cm³/mol. The van der Waals surface area contributed by atoms with Gasteiger partial charge in [-0.1, -0.05) is 22.8 Å². The van der Waals surface area contributed by atoms with Crippen LogP contribution in [0, 0.1) is 12.7 Å². The van der Waals surface area contributed by atoms with Crippen molar-refractivity contribution in [2.45, 2.75) is 44.9 Å². The Kier molecular flexibility index (Phi) is 4.77. The molecule has 6 nitrogen and oxygen atoms in total. The number of ether oxygens (including phenoxy) is 1. The molecule has 0 atom stereocenters. The Balaban J connectivity index is 1.78. The van der Waals surface area contributed by atoms with E-state index in [1.165, 1.54) is 6.07 Å². The maximum Gasteiger partial charge on any atom is 0.176 e. The van der Waals surface area contributed by atoms with E-state index in [1.54, 1.807) is 25.4 Å². The second-order valence-corrected chi connectivity index (χ2v) is 7.92. The molecule has 0 radical (unpaired) electrons. The van der Waals surface area contributed by atoms with Gasteiger partial charge in [0.15, 0.2) is 5.76 Å². The molecule has 2 aromatic heterocycles. The average Bonchev–Trinajstić information content (AvgIpc) is 3.17. The van der Waals surface area contributed by atoms with E-state index in [0.29, 0.717) is 29.9 Å². The summed E-state index contributed by atoms with van der Waals surface area (Å²) < 4.78 is 27.3. The molecule has 4 rings (SSSR count). The molecule has 0 saturated heterocycles. The molecule has 0 spiro atoms. The van der Waals surface area contributed by atoms with E-state index < -0.39 is 11.4 Å². The van der Waals surface area contributed by atoms with Crippen molar-refractivity contribution < 1.29 is 18.8 Å². The molecule has 1 aromatic carbocycles. The zero-order chi connectivity index (χ0) is 20.1. The lowest BCUT2D eigenvalue weighted by Gasteiger charge is -2.41. The number of aliphatic hydroxyl groups is 1. The maximum absolute atomic E-state index is 14.4. The molecule has 1 saturated carbocycles. The van der Waals surface area contributed by atoms with Gasteiger partial charge in [-0.25, -0.2) is 4.39 Å². The number of aromatic nitrogens is 3. The van der Waals surface area contributed by atoms with Crippen LogP contribution in [0.25, 0.3) is 22.6 Å². The van der Waals surface area contributed by atoms with Crippen LogP contribution in [-0.2, 0) is 11.3 Å². The van der Waals surface area contributed by atoms with Crippen molar-refractivity contribution in [2.75, 3.05) is 7.11 Å². The smallest absolute Gasteiger partial charge is 0.176 e. The number of benzene rings is 1. The van der Waals surface area contributed by atoms with E-state index in [9.17, 15) is 9.50 Å². The molecular weight excluding hydrogens is 385 g/mol. The zero-order valence-electron chi connectivity index (χ0n) is 15.9. The summed E-state index contributed by atoms with van der Waals surface area (Å²) in [4.78, 5) is 0. The normalized spacial score (nSPS) is 21.7. The molecule has 28 heavy (non-hydrogen) atoms. The minimum atomic E-state index is -0.647. The monoisotopic (exact) mass is 405 g/mol. The summed E-state index contributed by atoms with van der Waals surface area (Å²) in [5.41, 5.74) is 2.11. The second kappa shape index (κ2) is 6.99. The third-order valence-electron chi connectivity index (χ3n) is 5.26. The molecule has 148 valence electrons. The maximum atomic E-state index is 14.4. The number of hydrogen-bond acceptors (Lipinski definition) is 5. The summed E-state index contributed by atoms with van der Waals surface area (Å²) in [6.07, 6.45) is 2.99. The first-order chi connectivity index (χ1) is 13.3. The van der Waals surface area contributed by atoms with Gasteiger partial charge in [0.05, 0.1) is 46.2 Å². The minimum absolute atomic E-state index is 0.137. The van der Waals surface area contributed by atoms with Crippen LogP contribution in [0.15, 0.2) is 28.9 Å². The Morgan fingerprint density at radius 2 is 2.18 bits per heavy atom. The van der Waals surface area contributed by atoms with Gasteiger partial charge in [0, 0.05) is 12.8 Å². The fourth-order valence-electron chi connectivity index (χ4n) is 3.86. The summed E-state index contributed by atoms with van der Waals surface area (Å²) in [6.45, 7) is 3.94. The van der Waals surface area contributed by atoms with E-state index in [4.69, 9.17) is 20.9 Å². The Labute approximate surface area is 166 Å². The van der Waals surface area contributed by atoms with Crippen molar-refractivity contribution in [3.05, 3.63) is 46.5 Å². The number of methoxy groups -OCH3 is 1. The highest BCUT2D eigenvalue weighted by atomic mass is 35.5. The lowest BCUT2D eigenvalue weighted by atomic mass is 9.77. The fraction of sp³-hybridized carbons (Fsp3) is 0.400. The van der Waals surface area contributed by atoms with Gasteiger partial charge in [0.25, 0.3) is 0 Å². The highest BCUT2D eigenvalue weighted by Crippen LogP contribution is 2.43. The third-order valence-corrected chi connectivity index (χ3v) is 5.58. The van der Waals surface area contributed by atoms with Crippen LogP contribution in [0.2, 0.25) is 5.02 Å². The van der Waals surface area contributed by atoms with Gasteiger partial charge in [-0.05, 0) is 38.8 Å². The Morgan fingerprint density at radius 1 is 1.43 bits per heavy atom. The minimum Gasteiger partial charge on any atom is -0.390 e. The molecule has 2 heterocycles. The number of halogens is 2. The third kappa shape index (κ3) is 3.13. The van der Waals surface area contributed by atoms with E-state index in [-0.39, 0.29) is 23.2 Å². The fourth-order valence-corrected chi connectivity index (χ4v) is 4.11. The molecule has 1 N–H and O–H groups in total. The van der Waals surface area contributed by atoms with Crippen LogP contribution in [0.5, 0.6) is 0 Å². The SMILES string of the molecule is COCc1c(-c2c(F)cccc2Cl)noc1-c1cnn(C2CC(C)(O)C2)c1C. The van der Waals surface area contributed by atoms with Gasteiger partial charge >= 0.3 is 0 Å². The first kappa shape index (κ1) is 19.1. The molecule has 1 aliphatic rings. The second-order valence-electron chi connectivity index (χ2n) is 7.52. The number of nitrogens with zero attached hydrogens (tertiary/aromatic N) is 3. The molecule has 0 amide bonds. The van der Waals surface area contributed by atoms with Crippen molar-refractivity contribution in [3.8, 4) is 22.6 Å².